The minimum absolute atomic E-state index is 0.0145. The number of hydrogen-bond donors (Lipinski definition) is 2. The van der Waals surface area contributed by atoms with E-state index >= 15 is 0 Å². The number of para-hydroxylation sites is 1. The topological polar surface area (TPSA) is 72.5 Å². The van der Waals surface area contributed by atoms with Crippen LogP contribution in [-0.2, 0) is 4.79 Å². The zero-order valence-corrected chi connectivity index (χ0v) is 7.01. The van der Waals surface area contributed by atoms with Gasteiger partial charge in [0.2, 0.25) is 0 Å². The maximum Gasteiger partial charge on any atom is 0.324 e. The number of carboxylic acid groups (broad SMARTS) is 1. The van der Waals surface area contributed by atoms with Crippen LogP contribution >= 0.6 is 0 Å². The van der Waals surface area contributed by atoms with Crippen molar-refractivity contribution in [3.63, 3.8) is 0 Å². The third kappa shape index (κ3) is 3.13. The molecule has 1 atom stereocenters. The summed E-state index contributed by atoms with van der Waals surface area (Å²) in [5.41, 5.74) is 5.24. The molecule has 1 aromatic rings. The van der Waals surface area contributed by atoms with Gasteiger partial charge in [0, 0.05) is 0 Å². The molecule has 0 fully saturated rings. The van der Waals surface area contributed by atoms with Crippen LogP contribution in [0.15, 0.2) is 30.3 Å². The Balaban J connectivity index is 2.39. The second-order valence-electron chi connectivity index (χ2n) is 2.57. The standard InChI is InChI=1S/C9H11NO3/c10-8(9(11)12)6-13-7-4-2-1-3-5-7/h1-5,8H,6,10H2,(H,11,12). The fourth-order valence-electron chi connectivity index (χ4n) is 0.774. The molecule has 0 aliphatic carbocycles. The van der Waals surface area contributed by atoms with Crippen LogP contribution in [0, 0.1) is 0 Å². The monoisotopic (exact) mass is 181 g/mol. The second-order valence-corrected chi connectivity index (χ2v) is 2.57. The van der Waals surface area contributed by atoms with Gasteiger partial charge in [-0.25, -0.2) is 0 Å². The summed E-state index contributed by atoms with van der Waals surface area (Å²) in [5, 5.41) is 8.46. The van der Waals surface area contributed by atoms with E-state index in [2.05, 4.69) is 0 Å². The van der Waals surface area contributed by atoms with Gasteiger partial charge in [-0.1, -0.05) is 18.2 Å². The molecule has 0 aromatic heterocycles. The Bertz CT molecular complexity index is 273. The van der Waals surface area contributed by atoms with Crippen molar-refractivity contribution < 1.29 is 14.6 Å². The van der Waals surface area contributed by atoms with Gasteiger partial charge in [0.25, 0.3) is 0 Å². The SMILES string of the molecule is NC(COc1ccccc1)C(=O)O. The molecular weight excluding hydrogens is 170 g/mol. The van der Waals surface area contributed by atoms with Crippen molar-refractivity contribution in [2.24, 2.45) is 5.73 Å². The second kappa shape index (κ2) is 4.47. The van der Waals surface area contributed by atoms with E-state index < -0.39 is 12.0 Å². The van der Waals surface area contributed by atoms with Crippen LogP contribution in [0.1, 0.15) is 0 Å². The molecule has 0 amide bonds. The van der Waals surface area contributed by atoms with Crippen LogP contribution in [0.25, 0.3) is 0 Å². The van der Waals surface area contributed by atoms with Crippen LogP contribution in [0.5, 0.6) is 5.75 Å². The highest BCUT2D eigenvalue weighted by Crippen LogP contribution is 2.07. The first kappa shape index (κ1) is 9.54. The third-order valence-electron chi connectivity index (χ3n) is 1.49. The lowest BCUT2D eigenvalue weighted by Crippen LogP contribution is -2.36. The summed E-state index contributed by atoms with van der Waals surface area (Å²) in [4.78, 5) is 10.3. The van der Waals surface area contributed by atoms with E-state index in [1.807, 2.05) is 18.2 Å². The van der Waals surface area contributed by atoms with Crippen LogP contribution in [0.3, 0.4) is 0 Å². The highest BCUT2D eigenvalue weighted by atomic mass is 16.5. The van der Waals surface area contributed by atoms with Crippen molar-refractivity contribution in [3.8, 4) is 5.75 Å². The van der Waals surface area contributed by atoms with E-state index in [1.54, 1.807) is 12.1 Å². The Morgan fingerprint density at radius 3 is 2.62 bits per heavy atom. The molecule has 0 saturated carbocycles. The van der Waals surface area contributed by atoms with E-state index in [0.717, 1.165) is 0 Å². The minimum Gasteiger partial charge on any atom is -0.491 e. The van der Waals surface area contributed by atoms with E-state index in [4.69, 9.17) is 15.6 Å². The van der Waals surface area contributed by atoms with Crippen molar-refractivity contribution >= 4 is 5.97 Å². The Labute approximate surface area is 75.9 Å². The van der Waals surface area contributed by atoms with Crippen LogP contribution in [0.2, 0.25) is 0 Å². The number of nitrogens with two attached hydrogens (primary N) is 1. The lowest BCUT2D eigenvalue weighted by atomic mass is 10.3. The summed E-state index contributed by atoms with van der Waals surface area (Å²) in [7, 11) is 0. The number of carboxylic acids is 1. The van der Waals surface area contributed by atoms with Crippen LogP contribution in [-0.4, -0.2) is 23.7 Å². The molecule has 0 radical (unpaired) electrons. The van der Waals surface area contributed by atoms with E-state index in [-0.39, 0.29) is 6.61 Å². The number of rotatable bonds is 4. The van der Waals surface area contributed by atoms with Crippen LogP contribution < -0.4 is 10.5 Å². The molecule has 13 heavy (non-hydrogen) atoms. The summed E-state index contributed by atoms with van der Waals surface area (Å²) in [6.45, 7) is -0.0145. The van der Waals surface area contributed by atoms with Gasteiger partial charge in [0.1, 0.15) is 18.4 Å². The first-order valence-corrected chi connectivity index (χ1v) is 3.86. The van der Waals surface area contributed by atoms with Crippen molar-refractivity contribution in [1.82, 2.24) is 0 Å². The molecule has 4 nitrogen and oxygen atoms in total. The molecule has 0 aliphatic rings. The Morgan fingerprint density at radius 2 is 2.08 bits per heavy atom. The van der Waals surface area contributed by atoms with Gasteiger partial charge in [-0.3, -0.25) is 4.79 Å². The maximum atomic E-state index is 10.3. The fourth-order valence-corrected chi connectivity index (χ4v) is 0.774. The number of benzene rings is 1. The Hall–Kier alpha value is -1.55. The molecule has 4 heteroatoms. The zero-order valence-electron chi connectivity index (χ0n) is 7.01. The number of hydrogen-bond acceptors (Lipinski definition) is 3. The van der Waals surface area contributed by atoms with Crippen molar-refractivity contribution in [1.29, 1.82) is 0 Å². The molecule has 0 bridgehead atoms. The first-order chi connectivity index (χ1) is 6.20. The molecule has 0 saturated heterocycles. The number of carbonyl (C=O) groups is 1. The average molecular weight is 181 g/mol. The minimum atomic E-state index is -1.06. The van der Waals surface area contributed by atoms with Crippen molar-refractivity contribution in [2.45, 2.75) is 6.04 Å². The smallest absolute Gasteiger partial charge is 0.324 e. The maximum absolute atomic E-state index is 10.3. The predicted molar refractivity (Wildman–Crippen MR) is 47.5 cm³/mol. The summed E-state index contributed by atoms with van der Waals surface area (Å²) >= 11 is 0. The van der Waals surface area contributed by atoms with Gasteiger partial charge in [-0.2, -0.15) is 0 Å². The Morgan fingerprint density at radius 1 is 1.46 bits per heavy atom. The number of aliphatic carboxylic acids is 1. The molecule has 1 aromatic carbocycles. The summed E-state index contributed by atoms with van der Waals surface area (Å²) < 4.78 is 5.12. The van der Waals surface area contributed by atoms with Crippen molar-refractivity contribution in [2.75, 3.05) is 6.61 Å². The molecule has 0 aliphatic heterocycles. The fraction of sp³-hybridized carbons (Fsp3) is 0.222. The lowest BCUT2D eigenvalue weighted by Gasteiger charge is -2.08. The van der Waals surface area contributed by atoms with E-state index in [1.165, 1.54) is 0 Å². The Kier molecular flexibility index (Phi) is 3.28. The molecule has 0 heterocycles. The van der Waals surface area contributed by atoms with E-state index in [9.17, 15) is 4.79 Å². The summed E-state index contributed by atoms with van der Waals surface area (Å²) in [5.74, 6) is -0.435. The van der Waals surface area contributed by atoms with Gasteiger partial charge >= 0.3 is 5.97 Å². The van der Waals surface area contributed by atoms with E-state index in [0.29, 0.717) is 5.75 Å². The van der Waals surface area contributed by atoms with Crippen LogP contribution in [0.4, 0.5) is 0 Å². The van der Waals surface area contributed by atoms with Crippen molar-refractivity contribution in [3.05, 3.63) is 30.3 Å². The quantitative estimate of drug-likeness (QED) is 0.708. The lowest BCUT2D eigenvalue weighted by molar-refractivity contribution is -0.139. The molecular formula is C9H11NO3. The van der Waals surface area contributed by atoms with Gasteiger partial charge in [-0.05, 0) is 12.1 Å². The molecule has 1 unspecified atom stereocenters. The number of ether oxygens (including phenoxy) is 1. The molecule has 0 spiro atoms. The highest BCUT2D eigenvalue weighted by molar-refractivity contribution is 5.73. The van der Waals surface area contributed by atoms with Gasteiger partial charge in [0.15, 0.2) is 0 Å². The van der Waals surface area contributed by atoms with Gasteiger partial charge < -0.3 is 15.6 Å². The van der Waals surface area contributed by atoms with Gasteiger partial charge in [-0.15, -0.1) is 0 Å². The summed E-state index contributed by atoms with van der Waals surface area (Å²) in [6, 6.07) is 7.98. The average Bonchev–Trinajstić information content (AvgIpc) is 2.15. The predicted octanol–water partition coefficient (Wildman–Crippen LogP) is 0.477. The third-order valence-corrected chi connectivity index (χ3v) is 1.49. The largest absolute Gasteiger partial charge is 0.491 e. The molecule has 3 N–H and O–H groups in total. The van der Waals surface area contributed by atoms with Gasteiger partial charge in [0.05, 0.1) is 0 Å². The normalized spacial score (nSPS) is 12.1. The molecule has 70 valence electrons. The zero-order chi connectivity index (χ0) is 9.68. The summed E-state index contributed by atoms with van der Waals surface area (Å²) in [6.07, 6.45) is 0. The first-order valence-electron chi connectivity index (χ1n) is 3.86. The highest BCUT2D eigenvalue weighted by Gasteiger charge is 2.11. The molecule has 1 rings (SSSR count).